The second-order valence-electron chi connectivity index (χ2n) is 6.68. The first-order chi connectivity index (χ1) is 10.3. The average molecular weight is 361 g/mol. The lowest BCUT2D eigenvalue weighted by Gasteiger charge is -2.36. The Kier molecular flexibility index (Phi) is 4.56. The van der Waals surface area contributed by atoms with Gasteiger partial charge in [0.1, 0.15) is 0 Å². The number of aliphatic hydroxyl groups is 1. The Balaban J connectivity index is 2.63. The zero-order valence-electron chi connectivity index (χ0n) is 13.8. The van der Waals surface area contributed by atoms with E-state index in [1.165, 1.54) is 18.2 Å². The first-order valence-corrected chi connectivity index (χ1v) is 11.1. The number of sulfone groups is 2. The van der Waals surface area contributed by atoms with Crippen LogP contribution in [0.4, 0.5) is 5.69 Å². The van der Waals surface area contributed by atoms with Gasteiger partial charge >= 0.3 is 0 Å². The number of rotatable bonds is 4. The number of anilines is 1. The third-order valence-electron chi connectivity index (χ3n) is 4.14. The molecule has 0 radical (unpaired) electrons. The molecule has 1 saturated heterocycles. The van der Waals surface area contributed by atoms with Gasteiger partial charge in [-0.2, -0.15) is 0 Å². The highest BCUT2D eigenvalue weighted by atomic mass is 32.2. The van der Waals surface area contributed by atoms with Crippen LogP contribution in [0.1, 0.15) is 26.7 Å². The molecule has 130 valence electrons. The van der Waals surface area contributed by atoms with Crippen LogP contribution in [0.25, 0.3) is 0 Å². The Bertz CT molecular complexity index is 807. The number of hydrogen-bond donors (Lipinski definition) is 1. The normalized spacial score (nSPS) is 20.0. The van der Waals surface area contributed by atoms with E-state index < -0.39 is 25.3 Å². The first kappa shape index (κ1) is 18.2. The first-order valence-electron chi connectivity index (χ1n) is 7.35. The SMILES string of the molecule is CC(C)(O)[C@@H]1CCCN1c1ccc(S(C)(=O)=O)cc1S(C)(=O)=O. The molecule has 6 nitrogen and oxygen atoms in total. The average Bonchev–Trinajstić information content (AvgIpc) is 2.84. The molecule has 0 saturated carbocycles. The largest absolute Gasteiger partial charge is 0.388 e. The highest BCUT2D eigenvalue weighted by molar-refractivity contribution is 7.91. The summed E-state index contributed by atoms with van der Waals surface area (Å²) in [5.74, 6) is 0. The van der Waals surface area contributed by atoms with Gasteiger partial charge in [-0.05, 0) is 44.9 Å². The van der Waals surface area contributed by atoms with E-state index >= 15 is 0 Å². The lowest BCUT2D eigenvalue weighted by Crippen LogP contribution is -2.46. The third-order valence-corrected chi connectivity index (χ3v) is 6.37. The Hall–Kier alpha value is -1.12. The van der Waals surface area contributed by atoms with E-state index in [9.17, 15) is 21.9 Å². The van der Waals surface area contributed by atoms with E-state index in [-0.39, 0.29) is 15.8 Å². The predicted molar refractivity (Wildman–Crippen MR) is 89.3 cm³/mol. The summed E-state index contributed by atoms with van der Waals surface area (Å²) in [6, 6.07) is 3.93. The van der Waals surface area contributed by atoms with Crippen LogP contribution in [-0.2, 0) is 19.7 Å². The van der Waals surface area contributed by atoms with Crippen molar-refractivity contribution in [2.75, 3.05) is 24.0 Å². The van der Waals surface area contributed by atoms with Crippen molar-refractivity contribution in [3.63, 3.8) is 0 Å². The van der Waals surface area contributed by atoms with Gasteiger partial charge in [-0.3, -0.25) is 0 Å². The summed E-state index contributed by atoms with van der Waals surface area (Å²) in [4.78, 5) is 1.82. The maximum Gasteiger partial charge on any atom is 0.177 e. The van der Waals surface area contributed by atoms with Gasteiger partial charge in [0, 0.05) is 19.1 Å². The van der Waals surface area contributed by atoms with Crippen LogP contribution in [0, 0.1) is 0 Å². The topological polar surface area (TPSA) is 91.8 Å². The molecule has 1 aliphatic heterocycles. The molecule has 0 unspecified atom stereocenters. The molecule has 0 bridgehead atoms. The van der Waals surface area contributed by atoms with Crippen LogP contribution in [-0.4, -0.2) is 52.6 Å². The van der Waals surface area contributed by atoms with Crippen LogP contribution in [0.2, 0.25) is 0 Å². The fraction of sp³-hybridized carbons (Fsp3) is 0.600. The Morgan fingerprint density at radius 1 is 1.13 bits per heavy atom. The second kappa shape index (κ2) is 5.75. The molecule has 1 atom stereocenters. The summed E-state index contributed by atoms with van der Waals surface area (Å²) in [5.41, 5.74) is -0.537. The fourth-order valence-corrected chi connectivity index (χ4v) is 4.68. The molecule has 2 rings (SSSR count). The standard InChI is InChI=1S/C15H23NO5S2/c1-15(2,17)14-6-5-9-16(14)12-8-7-11(22(3,18)19)10-13(12)23(4,20)21/h7-8,10,14,17H,5-6,9H2,1-4H3/t14-/m0/s1. The maximum absolute atomic E-state index is 12.2. The van der Waals surface area contributed by atoms with Crippen LogP contribution >= 0.6 is 0 Å². The molecule has 1 heterocycles. The highest BCUT2D eigenvalue weighted by Gasteiger charge is 2.37. The molecular formula is C15H23NO5S2. The lowest BCUT2D eigenvalue weighted by molar-refractivity contribution is 0.0533. The van der Waals surface area contributed by atoms with Crippen molar-refractivity contribution in [1.82, 2.24) is 0 Å². The van der Waals surface area contributed by atoms with Crippen molar-refractivity contribution in [1.29, 1.82) is 0 Å². The molecule has 0 aliphatic carbocycles. The summed E-state index contributed by atoms with van der Waals surface area (Å²) in [6.45, 7) is 4.01. The molecule has 1 fully saturated rings. The van der Waals surface area contributed by atoms with Crippen molar-refractivity contribution in [3.8, 4) is 0 Å². The summed E-state index contributed by atoms with van der Waals surface area (Å²) in [7, 11) is -7.11. The van der Waals surface area contributed by atoms with Crippen molar-refractivity contribution in [2.45, 2.75) is 48.1 Å². The van der Waals surface area contributed by atoms with Gasteiger partial charge in [-0.25, -0.2) is 16.8 Å². The van der Waals surface area contributed by atoms with Crippen LogP contribution in [0.15, 0.2) is 28.0 Å². The monoisotopic (exact) mass is 361 g/mol. The predicted octanol–water partition coefficient (Wildman–Crippen LogP) is 1.23. The molecule has 1 aromatic rings. The molecule has 8 heteroatoms. The Morgan fingerprint density at radius 3 is 2.22 bits per heavy atom. The minimum atomic E-state index is -3.61. The van der Waals surface area contributed by atoms with E-state index in [0.29, 0.717) is 12.2 Å². The van der Waals surface area contributed by atoms with Crippen molar-refractivity contribution < 1.29 is 21.9 Å². The molecular weight excluding hydrogens is 338 g/mol. The number of benzene rings is 1. The van der Waals surface area contributed by atoms with E-state index in [1.54, 1.807) is 13.8 Å². The molecule has 23 heavy (non-hydrogen) atoms. The molecule has 1 N–H and O–H groups in total. The summed E-state index contributed by atoms with van der Waals surface area (Å²) < 4.78 is 47.8. The molecule has 0 spiro atoms. The van der Waals surface area contributed by atoms with Crippen LogP contribution in [0.3, 0.4) is 0 Å². The van der Waals surface area contributed by atoms with Gasteiger partial charge in [0.25, 0.3) is 0 Å². The quantitative estimate of drug-likeness (QED) is 0.867. The molecule has 1 aromatic carbocycles. The second-order valence-corrected chi connectivity index (χ2v) is 10.7. The maximum atomic E-state index is 12.2. The summed E-state index contributed by atoms with van der Waals surface area (Å²) >= 11 is 0. The third kappa shape index (κ3) is 3.87. The molecule has 1 aliphatic rings. The highest BCUT2D eigenvalue weighted by Crippen LogP contribution is 2.36. The Morgan fingerprint density at radius 2 is 1.74 bits per heavy atom. The van der Waals surface area contributed by atoms with Gasteiger partial charge in [0.05, 0.1) is 27.1 Å². The smallest absolute Gasteiger partial charge is 0.177 e. The number of hydrogen-bond acceptors (Lipinski definition) is 6. The summed E-state index contributed by atoms with van der Waals surface area (Å²) in [6.07, 6.45) is 3.70. The van der Waals surface area contributed by atoms with E-state index in [0.717, 1.165) is 25.4 Å². The van der Waals surface area contributed by atoms with E-state index in [1.807, 2.05) is 4.90 Å². The van der Waals surface area contributed by atoms with Crippen molar-refractivity contribution >= 4 is 25.4 Å². The number of nitrogens with zero attached hydrogens (tertiary/aromatic N) is 1. The zero-order chi connectivity index (χ0) is 17.6. The minimum Gasteiger partial charge on any atom is -0.388 e. The van der Waals surface area contributed by atoms with Gasteiger partial charge in [0.2, 0.25) is 0 Å². The lowest BCUT2D eigenvalue weighted by atomic mass is 9.96. The van der Waals surface area contributed by atoms with Gasteiger partial charge < -0.3 is 10.0 Å². The molecule has 0 aromatic heterocycles. The van der Waals surface area contributed by atoms with Crippen molar-refractivity contribution in [3.05, 3.63) is 18.2 Å². The van der Waals surface area contributed by atoms with Gasteiger partial charge in [-0.1, -0.05) is 0 Å². The summed E-state index contributed by atoms with van der Waals surface area (Å²) in [5, 5.41) is 10.3. The zero-order valence-corrected chi connectivity index (χ0v) is 15.4. The van der Waals surface area contributed by atoms with Gasteiger partial charge in [0.15, 0.2) is 19.7 Å². The van der Waals surface area contributed by atoms with E-state index in [2.05, 4.69) is 0 Å². The van der Waals surface area contributed by atoms with Crippen LogP contribution in [0.5, 0.6) is 0 Å². The fourth-order valence-electron chi connectivity index (χ4n) is 3.05. The van der Waals surface area contributed by atoms with Crippen LogP contribution < -0.4 is 4.90 Å². The van der Waals surface area contributed by atoms with Crippen molar-refractivity contribution in [2.24, 2.45) is 0 Å². The van der Waals surface area contributed by atoms with Gasteiger partial charge in [-0.15, -0.1) is 0 Å². The Labute approximate surface area is 138 Å². The van der Waals surface area contributed by atoms with E-state index in [4.69, 9.17) is 0 Å². The molecule has 0 amide bonds. The minimum absolute atomic E-state index is 0.0171.